The zero-order valence-corrected chi connectivity index (χ0v) is 12.5. The molecular formula is C15H23F2N3O. The average molecular weight is 299 g/mol. The standard InChI is InChI=1S/C15H23F2N3O/c1-3-19-15(14(18)21,12-7-5-4-6-8-12)9-10-20(2)11-13(16)17/h4-8,13,19H,3,9-11H2,1-2H3,(H2,18,21). The molecule has 0 spiro atoms. The Morgan fingerprint density at radius 1 is 1.38 bits per heavy atom. The molecule has 1 unspecified atom stereocenters. The Morgan fingerprint density at radius 3 is 2.48 bits per heavy atom. The number of benzene rings is 1. The molecule has 1 aromatic rings. The molecule has 0 fully saturated rings. The number of hydrogen-bond donors (Lipinski definition) is 2. The molecule has 0 saturated carbocycles. The molecule has 1 atom stereocenters. The van der Waals surface area contributed by atoms with Crippen molar-refractivity contribution in [1.82, 2.24) is 10.2 Å². The highest BCUT2D eigenvalue weighted by molar-refractivity contribution is 5.86. The van der Waals surface area contributed by atoms with E-state index in [1.165, 1.54) is 4.90 Å². The van der Waals surface area contributed by atoms with Gasteiger partial charge in [0, 0.05) is 6.54 Å². The Morgan fingerprint density at radius 2 is 2.00 bits per heavy atom. The van der Waals surface area contributed by atoms with Gasteiger partial charge in [-0.2, -0.15) is 0 Å². The first-order valence-electron chi connectivity index (χ1n) is 6.99. The second-order valence-corrected chi connectivity index (χ2v) is 5.07. The molecule has 1 rings (SSSR count). The molecule has 6 heteroatoms. The van der Waals surface area contributed by atoms with Crippen LogP contribution in [0.3, 0.4) is 0 Å². The molecule has 4 nitrogen and oxygen atoms in total. The highest BCUT2D eigenvalue weighted by atomic mass is 19.3. The summed E-state index contributed by atoms with van der Waals surface area (Å²) in [6.45, 7) is 2.45. The maximum atomic E-state index is 12.4. The van der Waals surface area contributed by atoms with Crippen molar-refractivity contribution in [3.63, 3.8) is 0 Å². The van der Waals surface area contributed by atoms with E-state index < -0.39 is 17.9 Å². The molecule has 118 valence electrons. The predicted octanol–water partition coefficient (Wildman–Crippen LogP) is 1.56. The number of carbonyl (C=O) groups is 1. The molecule has 1 aromatic carbocycles. The third kappa shape index (κ3) is 4.75. The van der Waals surface area contributed by atoms with E-state index in [0.29, 0.717) is 19.5 Å². The molecule has 3 N–H and O–H groups in total. The lowest BCUT2D eigenvalue weighted by Gasteiger charge is -2.33. The van der Waals surface area contributed by atoms with E-state index in [1.807, 2.05) is 37.3 Å². The van der Waals surface area contributed by atoms with E-state index in [0.717, 1.165) is 5.56 Å². The van der Waals surface area contributed by atoms with Gasteiger partial charge >= 0.3 is 0 Å². The van der Waals surface area contributed by atoms with Gasteiger partial charge in [-0.05, 0) is 25.6 Å². The number of hydrogen-bond acceptors (Lipinski definition) is 3. The molecule has 21 heavy (non-hydrogen) atoms. The monoisotopic (exact) mass is 299 g/mol. The third-order valence-electron chi connectivity index (χ3n) is 3.48. The van der Waals surface area contributed by atoms with Crippen molar-refractivity contribution in [2.75, 3.05) is 26.7 Å². The van der Waals surface area contributed by atoms with Crippen LogP contribution in [-0.2, 0) is 10.3 Å². The summed E-state index contributed by atoms with van der Waals surface area (Å²) in [4.78, 5) is 13.5. The maximum absolute atomic E-state index is 12.4. The molecule has 0 aromatic heterocycles. The molecule has 0 aliphatic carbocycles. The van der Waals surface area contributed by atoms with Gasteiger partial charge in [-0.15, -0.1) is 0 Å². The normalized spacial score (nSPS) is 14.4. The lowest BCUT2D eigenvalue weighted by molar-refractivity contribution is -0.125. The van der Waals surface area contributed by atoms with Crippen molar-refractivity contribution in [3.05, 3.63) is 35.9 Å². The minimum Gasteiger partial charge on any atom is -0.368 e. The number of carbonyl (C=O) groups excluding carboxylic acids is 1. The summed E-state index contributed by atoms with van der Waals surface area (Å²) in [6.07, 6.45) is -2.06. The Bertz CT molecular complexity index is 442. The average Bonchev–Trinajstić information content (AvgIpc) is 2.43. The summed E-state index contributed by atoms with van der Waals surface area (Å²) in [7, 11) is 1.61. The van der Waals surface area contributed by atoms with Gasteiger partial charge in [-0.25, -0.2) is 8.78 Å². The van der Waals surface area contributed by atoms with Gasteiger partial charge in [-0.1, -0.05) is 37.3 Å². The smallest absolute Gasteiger partial charge is 0.251 e. The zero-order valence-electron chi connectivity index (χ0n) is 12.5. The first-order valence-corrected chi connectivity index (χ1v) is 6.99. The number of nitrogens with one attached hydrogen (secondary N) is 1. The summed E-state index contributed by atoms with van der Waals surface area (Å²) < 4.78 is 24.8. The van der Waals surface area contributed by atoms with Gasteiger partial charge in [0.15, 0.2) is 0 Å². The van der Waals surface area contributed by atoms with E-state index in [9.17, 15) is 13.6 Å². The van der Waals surface area contributed by atoms with Crippen LogP contribution in [0.25, 0.3) is 0 Å². The van der Waals surface area contributed by atoms with Crippen LogP contribution < -0.4 is 11.1 Å². The number of halogens is 2. The van der Waals surface area contributed by atoms with E-state index >= 15 is 0 Å². The fraction of sp³-hybridized carbons (Fsp3) is 0.533. The van der Waals surface area contributed by atoms with Crippen LogP contribution in [0.15, 0.2) is 30.3 Å². The largest absolute Gasteiger partial charge is 0.368 e. The summed E-state index contributed by atoms with van der Waals surface area (Å²) in [6, 6.07) is 9.14. The van der Waals surface area contributed by atoms with Crippen molar-refractivity contribution in [2.24, 2.45) is 5.73 Å². The van der Waals surface area contributed by atoms with Crippen LogP contribution in [-0.4, -0.2) is 43.9 Å². The number of rotatable bonds is 9. The number of nitrogens with two attached hydrogens (primary N) is 1. The van der Waals surface area contributed by atoms with Gasteiger partial charge in [-0.3, -0.25) is 10.1 Å². The van der Waals surface area contributed by atoms with Gasteiger partial charge in [0.25, 0.3) is 6.43 Å². The van der Waals surface area contributed by atoms with E-state index in [-0.39, 0.29) is 6.54 Å². The topological polar surface area (TPSA) is 58.4 Å². The molecule has 0 saturated heterocycles. The molecule has 0 aliphatic heterocycles. The molecule has 1 amide bonds. The van der Waals surface area contributed by atoms with Crippen LogP contribution >= 0.6 is 0 Å². The van der Waals surface area contributed by atoms with Crippen molar-refractivity contribution in [3.8, 4) is 0 Å². The Kier molecular flexibility index (Phi) is 6.71. The number of nitrogens with zero attached hydrogens (tertiary/aromatic N) is 1. The second-order valence-electron chi connectivity index (χ2n) is 5.07. The molecular weight excluding hydrogens is 276 g/mol. The van der Waals surface area contributed by atoms with Crippen molar-refractivity contribution in [2.45, 2.75) is 25.3 Å². The van der Waals surface area contributed by atoms with Crippen LogP contribution in [0, 0.1) is 0 Å². The van der Waals surface area contributed by atoms with Crippen LogP contribution in [0.2, 0.25) is 0 Å². The predicted molar refractivity (Wildman–Crippen MR) is 79.1 cm³/mol. The van der Waals surface area contributed by atoms with E-state index in [1.54, 1.807) is 7.05 Å². The lowest BCUT2D eigenvalue weighted by atomic mass is 9.85. The lowest BCUT2D eigenvalue weighted by Crippen LogP contribution is -2.54. The third-order valence-corrected chi connectivity index (χ3v) is 3.48. The fourth-order valence-electron chi connectivity index (χ4n) is 2.40. The SMILES string of the molecule is CCNC(CCN(C)CC(F)F)(C(N)=O)c1ccccc1. The second kappa shape index (κ2) is 8.05. The van der Waals surface area contributed by atoms with Crippen LogP contribution in [0.1, 0.15) is 18.9 Å². The maximum Gasteiger partial charge on any atom is 0.251 e. The minimum absolute atomic E-state index is 0.324. The molecule has 0 radical (unpaired) electrons. The van der Waals surface area contributed by atoms with Crippen molar-refractivity contribution in [1.29, 1.82) is 0 Å². The summed E-state index contributed by atoms with van der Waals surface area (Å²) in [5.74, 6) is -0.499. The Labute approximate surface area is 124 Å². The van der Waals surface area contributed by atoms with Gasteiger partial charge in [0.05, 0.1) is 6.54 Å². The van der Waals surface area contributed by atoms with Crippen LogP contribution in [0.4, 0.5) is 8.78 Å². The fourth-order valence-corrected chi connectivity index (χ4v) is 2.40. The number of likely N-dealkylation sites (N-methyl/N-ethyl adjacent to an activating group) is 1. The van der Waals surface area contributed by atoms with Gasteiger partial charge in [0.1, 0.15) is 5.54 Å². The Hall–Kier alpha value is -1.53. The first-order chi connectivity index (χ1) is 9.92. The molecule has 0 heterocycles. The molecule has 0 bridgehead atoms. The summed E-state index contributed by atoms with van der Waals surface area (Å²) >= 11 is 0. The first kappa shape index (κ1) is 17.5. The van der Waals surface area contributed by atoms with Gasteiger partial charge < -0.3 is 10.6 Å². The van der Waals surface area contributed by atoms with Crippen molar-refractivity contribution >= 4 is 5.91 Å². The highest BCUT2D eigenvalue weighted by Crippen LogP contribution is 2.25. The summed E-state index contributed by atoms with van der Waals surface area (Å²) in [5, 5.41) is 3.13. The zero-order chi connectivity index (χ0) is 15.9. The minimum atomic E-state index is -2.39. The van der Waals surface area contributed by atoms with Crippen LogP contribution in [0.5, 0.6) is 0 Å². The van der Waals surface area contributed by atoms with Crippen molar-refractivity contribution < 1.29 is 13.6 Å². The van der Waals surface area contributed by atoms with E-state index in [2.05, 4.69) is 5.32 Å². The molecule has 0 aliphatic rings. The number of primary amides is 1. The number of alkyl halides is 2. The highest BCUT2D eigenvalue weighted by Gasteiger charge is 2.37. The quantitative estimate of drug-likeness (QED) is 0.727. The number of amides is 1. The summed E-state index contributed by atoms with van der Waals surface area (Å²) in [5.41, 5.74) is 5.33. The van der Waals surface area contributed by atoms with E-state index in [4.69, 9.17) is 5.73 Å². The Balaban J connectivity index is 2.94. The van der Waals surface area contributed by atoms with Gasteiger partial charge in [0.2, 0.25) is 5.91 Å².